The molecule has 1 saturated carbocycles. The van der Waals surface area contributed by atoms with Crippen molar-refractivity contribution in [3.05, 3.63) is 52.8 Å². The summed E-state index contributed by atoms with van der Waals surface area (Å²) in [5.41, 5.74) is 3.88. The predicted molar refractivity (Wildman–Crippen MR) is 108 cm³/mol. The number of rotatable bonds is 7. The zero-order valence-electron chi connectivity index (χ0n) is 16.6. The maximum Gasteiger partial charge on any atom is 0.303 e. The first-order chi connectivity index (χ1) is 14.0. The van der Waals surface area contributed by atoms with Crippen LogP contribution in [0, 0.1) is 5.82 Å². The number of carboxylic acid groups (broad SMARTS) is 1. The van der Waals surface area contributed by atoms with Gasteiger partial charge in [-0.1, -0.05) is 18.2 Å². The summed E-state index contributed by atoms with van der Waals surface area (Å²) in [4.78, 5) is 12.8. The summed E-state index contributed by atoms with van der Waals surface area (Å²) in [5.74, 6) is -0.304. The van der Waals surface area contributed by atoms with Crippen LogP contribution < -0.4 is 14.4 Å². The fourth-order valence-electron chi connectivity index (χ4n) is 3.91. The summed E-state index contributed by atoms with van der Waals surface area (Å²) in [6.07, 6.45) is 4.90. The van der Waals surface area contributed by atoms with Gasteiger partial charge in [0.25, 0.3) is 0 Å². The number of anilines is 1. The molecule has 1 aliphatic heterocycles. The molecule has 0 atom stereocenters. The van der Waals surface area contributed by atoms with Crippen molar-refractivity contribution in [3.8, 4) is 11.5 Å². The fourth-order valence-corrected chi connectivity index (χ4v) is 3.91. The van der Waals surface area contributed by atoms with Crippen LogP contribution in [0.2, 0.25) is 0 Å². The van der Waals surface area contributed by atoms with Crippen molar-refractivity contribution in [2.45, 2.75) is 51.2 Å². The van der Waals surface area contributed by atoms with E-state index in [1.165, 1.54) is 19.1 Å². The highest BCUT2D eigenvalue weighted by atomic mass is 19.1. The number of ether oxygens (including phenoxy) is 2. The summed E-state index contributed by atoms with van der Waals surface area (Å²) in [5, 5.41) is 8.88. The third kappa shape index (κ3) is 4.31. The quantitative estimate of drug-likeness (QED) is 0.750. The third-order valence-corrected chi connectivity index (χ3v) is 5.82. The van der Waals surface area contributed by atoms with E-state index >= 15 is 4.39 Å². The number of fused-ring (bicyclic) bond motifs is 1. The van der Waals surface area contributed by atoms with Gasteiger partial charge in [-0.15, -0.1) is 0 Å². The van der Waals surface area contributed by atoms with Crippen molar-refractivity contribution in [2.75, 3.05) is 18.6 Å². The molecule has 0 aromatic heterocycles. The molecular weight excluding hydrogens is 373 g/mol. The lowest BCUT2D eigenvalue weighted by molar-refractivity contribution is -0.136. The molecule has 0 saturated heterocycles. The Balaban J connectivity index is 1.55. The van der Waals surface area contributed by atoms with Crippen LogP contribution in [0.5, 0.6) is 11.5 Å². The van der Waals surface area contributed by atoms with Crippen molar-refractivity contribution in [1.29, 1.82) is 0 Å². The average Bonchev–Trinajstić information content (AvgIpc) is 2.69. The summed E-state index contributed by atoms with van der Waals surface area (Å²) in [7, 11) is 1.47. The largest absolute Gasteiger partial charge is 0.493 e. The van der Waals surface area contributed by atoms with Gasteiger partial charge in [0.15, 0.2) is 11.6 Å². The number of carboxylic acids is 1. The minimum atomic E-state index is -0.790. The number of methoxy groups -OCH3 is 1. The lowest BCUT2D eigenvalue weighted by Gasteiger charge is -2.32. The van der Waals surface area contributed by atoms with Gasteiger partial charge in [0.05, 0.1) is 18.9 Å². The zero-order chi connectivity index (χ0) is 20.4. The minimum Gasteiger partial charge on any atom is -0.493 e. The average molecular weight is 399 g/mol. The number of benzene rings is 2. The Kier molecular flexibility index (Phi) is 5.60. The lowest BCUT2D eigenvalue weighted by atomic mass is 9.95. The second-order valence-electron chi connectivity index (χ2n) is 7.80. The summed E-state index contributed by atoms with van der Waals surface area (Å²) < 4.78 is 26.3. The number of halogens is 1. The molecule has 1 fully saturated rings. The lowest BCUT2D eigenvalue weighted by Crippen LogP contribution is -2.31. The molecule has 2 aliphatic rings. The predicted octanol–water partition coefficient (Wildman–Crippen LogP) is 4.35. The second kappa shape index (κ2) is 8.31. The molecule has 1 heterocycles. The van der Waals surface area contributed by atoms with E-state index < -0.39 is 5.97 Å². The molecule has 154 valence electrons. The van der Waals surface area contributed by atoms with Crippen molar-refractivity contribution in [1.82, 2.24) is 0 Å². The van der Waals surface area contributed by atoms with Crippen LogP contribution in [0.1, 0.15) is 42.4 Å². The first kappa shape index (κ1) is 19.6. The smallest absolute Gasteiger partial charge is 0.303 e. The number of hydrogen-bond acceptors (Lipinski definition) is 4. The Bertz CT molecular complexity index is 910. The van der Waals surface area contributed by atoms with Gasteiger partial charge < -0.3 is 19.5 Å². The van der Waals surface area contributed by atoms with Crippen LogP contribution in [0.4, 0.5) is 10.1 Å². The topological polar surface area (TPSA) is 59.0 Å². The molecule has 0 unspecified atom stereocenters. The van der Waals surface area contributed by atoms with Crippen molar-refractivity contribution >= 4 is 11.7 Å². The van der Waals surface area contributed by atoms with E-state index in [2.05, 4.69) is 6.07 Å². The maximum atomic E-state index is 15.0. The van der Waals surface area contributed by atoms with E-state index in [9.17, 15) is 4.79 Å². The molecule has 0 bridgehead atoms. The summed E-state index contributed by atoms with van der Waals surface area (Å²) >= 11 is 0. The highest BCUT2D eigenvalue weighted by Crippen LogP contribution is 2.37. The van der Waals surface area contributed by atoms with Crippen LogP contribution in [-0.2, 0) is 24.2 Å². The molecule has 2 aromatic rings. The van der Waals surface area contributed by atoms with Gasteiger partial charge >= 0.3 is 5.97 Å². The second-order valence-corrected chi connectivity index (χ2v) is 7.80. The van der Waals surface area contributed by atoms with Gasteiger partial charge in [0.2, 0.25) is 0 Å². The normalized spacial score (nSPS) is 16.1. The minimum absolute atomic E-state index is 0.129. The van der Waals surface area contributed by atoms with Crippen LogP contribution in [0.25, 0.3) is 0 Å². The Morgan fingerprint density at radius 2 is 2.07 bits per heavy atom. The Hall–Kier alpha value is -2.76. The van der Waals surface area contributed by atoms with Gasteiger partial charge in [-0.3, -0.25) is 4.79 Å². The van der Waals surface area contributed by atoms with Crippen LogP contribution in [-0.4, -0.2) is 30.8 Å². The molecule has 6 heteroatoms. The van der Waals surface area contributed by atoms with Crippen LogP contribution in [0.15, 0.2) is 30.3 Å². The van der Waals surface area contributed by atoms with Crippen molar-refractivity contribution in [3.63, 3.8) is 0 Å². The third-order valence-electron chi connectivity index (χ3n) is 5.82. The van der Waals surface area contributed by atoms with Gasteiger partial charge in [-0.05, 0) is 48.8 Å². The van der Waals surface area contributed by atoms with E-state index in [4.69, 9.17) is 14.6 Å². The number of aliphatic carboxylic acids is 1. The van der Waals surface area contributed by atoms with E-state index in [1.807, 2.05) is 17.0 Å². The molecule has 0 spiro atoms. The highest BCUT2D eigenvalue weighted by molar-refractivity contribution is 5.67. The summed E-state index contributed by atoms with van der Waals surface area (Å²) in [6, 6.07) is 9.50. The highest BCUT2D eigenvalue weighted by Gasteiger charge is 2.25. The Labute approximate surface area is 170 Å². The molecule has 0 radical (unpaired) electrons. The molecular formula is C23H26FNO4. The number of aryl methyl sites for hydroxylation is 1. The Morgan fingerprint density at radius 1 is 1.24 bits per heavy atom. The number of carbonyl (C=O) groups is 1. The van der Waals surface area contributed by atoms with Crippen LogP contribution >= 0.6 is 0 Å². The SMILES string of the molecule is COc1cc(OC2CCC2)cc(N2CCc3cc(CCC(=O)O)ccc3C2)c1F. The van der Waals surface area contributed by atoms with E-state index in [0.717, 1.165) is 30.4 Å². The van der Waals surface area contributed by atoms with E-state index in [1.54, 1.807) is 12.1 Å². The van der Waals surface area contributed by atoms with E-state index in [0.29, 0.717) is 30.9 Å². The van der Waals surface area contributed by atoms with Crippen molar-refractivity contribution < 1.29 is 23.8 Å². The van der Waals surface area contributed by atoms with E-state index in [-0.39, 0.29) is 24.1 Å². The van der Waals surface area contributed by atoms with Gasteiger partial charge in [0, 0.05) is 31.6 Å². The standard InChI is InChI=1S/C23H26FNO4/c1-28-21-13-19(29-18-3-2-4-18)12-20(23(21)24)25-10-9-16-11-15(6-8-22(26)27)5-7-17(16)14-25/h5,7,11-13,18H,2-4,6,8-10,14H2,1H3,(H,26,27). The van der Waals surface area contributed by atoms with Crippen LogP contribution in [0.3, 0.4) is 0 Å². The molecule has 1 N–H and O–H groups in total. The monoisotopic (exact) mass is 399 g/mol. The number of hydrogen-bond donors (Lipinski definition) is 1. The molecule has 0 amide bonds. The van der Waals surface area contributed by atoms with Gasteiger partial charge in [-0.25, -0.2) is 4.39 Å². The summed E-state index contributed by atoms with van der Waals surface area (Å²) in [6.45, 7) is 1.28. The number of nitrogens with zero attached hydrogens (tertiary/aromatic N) is 1. The van der Waals surface area contributed by atoms with Gasteiger partial charge in [0.1, 0.15) is 5.75 Å². The molecule has 1 aliphatic carbocycles. The molecule has 5 nitrogen and oxygen atoms in total. The molecule has 4 rings (SSSR count). The molecule has 2 aromatic carbocycles. The molecule has 29 heavy (non-hydrogen) atoms. The van der Waals surface area contributed by atoms with Crippen molar-refractivity contribution in [2.24, 2.45) is 0 Å². The first-order valence-electron chi connectivity index (χ1n) is 10.1. The van der Waals surface area contributed by atoms with Gasteiger partial charge in [-0.2, -0.15) is 0 Å². The Morgan fingerprint density at radius 3 is 2.76 bits per heavy atom. The maximum absolute atomic E-state index is 15.0. The zero-order valence-corrected chi connectivity index (χ0v) is 16.6. The first-order valence-corrected chi connectivity index (χ1v) is 10.1. The fraction of sp³-hybridized carbons (Fsp3) is 0.435.